The molecule has 2 aliphatic rings. The maximum Gasteiger partial charge on any atom is 0.405 e. The van der Waals surface area contributed by atoms with Gasteiger partial charge >= 0.3 is 6.09 Å². The number of amides is 1. The predicted octanol–water partition coefficient (Wildman–Crippen LogP) is 1.81. The van der Waals surface area contributed by atoms with E-state index in [2.05, 4.69) is 29.6 Å². The number of hydrogen-bond donors (Lipinski definition) is 3. The average Bonchev–Trinajstić information content (AvgIpc) is 3.18. The van der Waals surface area contributed by atoms with Crippen LogP contribution in [0.2, 0.25) is 0 Å². The Bertz CT molecular complexity index is 769. The number of aliphatic hydroxyl groups is 2. The number of aliphatic hydroxyl groups excluding tert-OH is 2. The molecule has 1 amide bonds. The summed E-state index contributed by atoms with van der Waals surface area (Å²) in [6, 6.07) is 15.5. The van der Waals surface area contributed by atoms with E-state index in [-0.39, 0.29) is 50.2 Å². The van der Waals surface area contributed by atoms with Gasteiger partial charge in [0.05, 0.1) is 18.8 Å². The quantitative estimate of drug-likeness (QED) is 0.472. The van der Waals surface area contributed by atoms with Crippen LogP contribution >= 0.6 is 0 Å². The number of fused-ring (bicyclic) bond motifs is 3. The van der Waals surface area contributed by atoms with Gasteiger partial charge in [-0.3, -0.25) is 0 Å². The van der Waals surface area contributed by atoms with Crippen molar-refractivity contribution in [3.63, 3.8) is 0 Å². The summed E-state index contributed by atoms with van der Waals surface area (Å²) in [5.41, 5.74) is 4.60. The maximum atomic E-state index is 12.1. The van der Waals surface area contributed by atoms with Crippen LogP contribution in [0.15, 0.2) is 48.5 Å². The van der Waals surface area contributed by atoms with Gasteiger partial charge in [0.2, 0.25) is 0 Å². The Hall–Kier alpha value is -1.36. The van der Waals surface area contributed by atoms with Crippen LogP contribution in [-0.2, 0) is 9.47 Å². The first-order valence-corrected chi connectivity index (χ1v) is 8.58. The number of rotatable bonds is 4. The van der Waals surface area contributed by atoms with Crippen molar-refractivity contribution in [3.05, 3.63) is 66.3 Å². The van der Waals surface area contributed by atoms with Crippen molar-refractivity contribution in [1.82, 2.24) is 5.32 Å². The van der Waals surface area contributed by atoms with E-state index >= 15 is 0 Å². The molecule has 2 aromatic rings. The molecule has 2 aromatic carbocycles. The van der Waals surface area contributed by atoms with E-state index in [1.165, 1.54) is 6.61 Å². The Balaban J connectivity index is 0.00000210. The Morgan fingerprint density at radius 3 is 2.26 bits per heavy atom. The number of alkyl carbamates (subject to hydrolysis) is 1. The molecule has 0 saturated carbocycles. The molecule has 0 bridgehead atoms. The van der Waals surface area contributed by atoms with Crippen molar-refractivity contribution in [1.29, 1.82) is 0 Å². The molecular formula is C20H20NO5U-. The van der Waals surface area contributed by atoms with Gasteiger partial charge in [0.15, 0.2) is 0 Å². The fourth-order valence-electron chi connectivity index (χ4n) is 3.62. The minimum atomic E-state index is -1.000. The standard InChI is InChI=1S/C20H20NO5.U/c22-9-18-19(23)17(11-25-18)21-20(24)26-10-16-14-7-3-1-5-12(14)13-6-2-4-8-15(13)16;/h1-8,11,16-19,22-23H,9-10H2,(H,21,24);/q-1;/t17-,18-,19?;/m1./s1. The average molecular weight is 592 g/mol. The van der Waals surface area contributed by atoms with Crippen molar-refractivity contribution < 1.29 is 55.6 Å². The number of carbonyl (C=O) groups excluding carboxylic acids is 1. The van der Waals surface area contributed by atoms with Crippen molar-refractivity contribution in [2.45, 2.75) is 24.2 Å². The Morgan fingerprint density at radius 1 is 1.11 bits per heavy atom. The Kier molecular flexibility index (Phi) is 6.62. The Morgan fingerprint density at radius 2 is 1.70 bits per heavy atom. The molecule has 1 aliphatic heterocycles. The molecule has 27 heavy (non-hydrogen) atoms. The minimum absolute atomic E-state index is 0. The van der Waals surface area contributed by atoms with Crippen LogP contribution in [0.4, 0.5) is 4.79 Å². The van der Waals surface area contributed by atoms with Gasteiger partial charge in [-0.1, -0.05) is 48.5 Å². The molecule has 0 aromatic heterocycles. The van der Waals surface area contributed by atoms with E-state index < -0.39 is 24.3 Å². The van der Waals surface area contributed by atoms with Gasteiger partial charge in [0, 0.05) is 37.0 Å². The molecule has 1 heterocycles. The zero-order valence-electron chi connectivity index (χ0n) is 14.5. The largest absolute Gasteiger partial charge is 0.544 e. The summed E-state index contributed by atoms with van der Waals surface area (Å²) in [6.45, 7) is 1.19. The van der Waals surface area contributed by atoms with Gasteiger partial charge in [0.1, 0.15) is 6.61 Å². The second kappa shape index (κ2) is 8.76. The van der Waals surface area contributed by atoms with Crippen LogP contribution in [-0.4, -0.2) is 47.8 Å². The summed E-state index contributed by atoms with van der Waals surface area (Å²) < 4.78 is 10.5. The van der Waals surface area contributed by atoms with Gasteiger partial charge < -0.3 is 25.0 Å². The molecule has 1 fully saturated rings. The fraction of sp³-hybridized carbons (Fsp3) is 0.300. The molecule has 3 N–H and O–H groups in total. The van der Waals surface area contributed by atoms with Gasteiger partial charge in [-0.25, -0.2) is 4.79 Å². The normalized spacial score (nSPS) is 23.3. The summed E-state index contributed by atoms with van der Waals surface area (Å²) in [4.78, 5) is 12.1. The fourth-order valence-corrected chi connectivity index (χ4v) is 3.62. The third-order valence-electron chi connectivity index (χ3n) is 4.96. The molecule has 6 nitrogen and oxygen atoms in total. The molecule has 1 saturated heterocycles. The first kappa shape index (κ1) is 20.4. The predicted molar refractivity (Wildman–Crippen MR) is 94.3 cm³/mol. The summed E-state index contributed by atoms with van der Waals surface area (Å²) in [5, 5.41) is 21.6. The minimum Gasteiger partial charge on any atom is -0.544 e. The van der Waals surface area contributed by atoms with Crippen LogP contribution in [0.3, 0.4) is 0 Å². The molecule has 140 valence electrons. The van der Waals surface area contributed by atoms with Crippen molar-refractivity contribution in [3.8, 4) is 11.1 Å². The van der Waals surface area contributed by atoms with E-state index in [0.717, 1.165) is 22.3 Å². The van der Waals surface area contributed by atoms with Gasteiger partial charge in [0.25, 0.3) is 0 Å². The third-order valence-corrected chi connectivity index (χ3v) is 4.96. The van der Waals surface area contributed by atoms with Gasteiger partial charge in [-0.15, -0.1) is 0 Å². The zero-order valence-corrected chi connectivity index (χ0v) is 18.7. The SMILES string of the molecule is O=C(N[C@@H]1[CH-]O[C@H](CO)C1O)OCC1c2ccccc2-c2ccccc21.[U]. The number of carbonyl (C=O) groups is 1. The summed E-state index contributed by atoms with van der Waals surface area (Å²) >= 11 is 0. The van der Waals surface area contributed by atoms with Crippen molar-refractivity contribution >= 4 is 6.09 Å². The van der Waals surface area contributed by atoms with E-state index in [4.69, 9.17) is 14.6 Å². The molecule has 3 atom stereocenters. The smallest absolute Gasteiger partial charge is 0.405 e. The molecule has 1 unspecified atom stereocenters. The summed E-state index contributed by atoms with van der Waals surface area (Å²) in [6.07, 6.45) is -2.36. The van der Waals surface area contributed by atoms with Crippen LogP contribution in [0, 0.1) is 37.7 Å². The van der Waals surface area contributed by atoms with Crippen molar-refractivity contribution in [2.24, 2.45) is 0 Å². The molecule has 1 aliphatic carbocycles. The molecule has 0 radical (unpaired) electrons. The zero-order chi connectivity index (χ0) is 18.1. The topological polar surface area (TPSA) is 88.0 Å². The van der Waals surface area contributed by atoms with E-state index in [9.17, 15) is 9.90 Å². The number of nitrogens with one attached hydrogen (secondary N) is 1. The van der Waals surface area contributed by atoms with E-state index in [1.807, 2.05) is 24.3 Å². The molecule has 4 rings (SSSR count). The third kappa shape index (κ3) is 3.94. The number of benzene rings is 2. The number of hydrogen-bond acceptors (Lipinski definition) is 5. The molecular weight excluding hydrogens is 572 g/mol. The monoisotopic (exact) mass is 592 g/mol. The van der Waals surface area contributed by atoms with Crippen LogP contribution in [0.1, 0.15) is 17.0 Å². The van der Waals surface area contributed by atoms with Gasteiger partial charge in [-0.05, 0) is 28.3 Å². The maximum absolute atomic E-state index is 12.1. The summed E-state index contributed by atoms with van der Waals surface area (Å²) in [5.74, 6) is -0.0212. The van der Waals surface area contributed by atoms with Crippen molar-refractivity contribution in [2.75, 3.05) is 13.2 Å². The molecule has 7 heteroatoms. The van der Waals surface area contributed by atoms with E-state index in [0.29, 0.717) is 0 Å². The first-order chi connectivity index (χ1) is 12.7. The van der Waals surface area contributed by atoms with E-state index in [1.54, 1.807) is 0 Å². The molecule has 0 spiro atoms. The first-order valence-electron chi connectivity index (χ1n) is 8.58. The van der Waals surface area contributed by atoms with Gasteiger partial charge in [-0.2, -0.15) is 6.61 Å². The number of ether oxygens (including phenoxy) is 2. The van der Waals surface area contributed by atoms with Crippen LogP contribution < -0.4 is 5.32 Å². The second-order valence-electron chi connectivity index (χ2n) is 6.48. The van der Waals surface area contributed by atoms with Crippen LogP contribution in [0.5, 0.6) is 0 Å². The second-order valence-corrected chi connectivity index (χ2v) is 6.48. The van der Waals surface area contributed by atoms with Crippen LogP contribution in [0.25, 0.3) is 11.1 Å². The summed E-state index contributed by atoms with van der Waals surface area (Å²) in [7, 11) is 0. The Labute approximate surface area is 181 Å².